The summed E-state index contributed by atoms with van der Waals surface area (Å²) in [4.78, 5) is 0.177. The summed E-state index contributed by atoms with van der Waals surface area (Å²) in [5, 5.41) is 2.43. The SMILES string of the molecule is NCc1ccc(S(=O)(=O)N2CCC(NCC(F)(F)F)CC2)cc1. The van der Waals surface area contributed by atoms with Crippen molar-refractivity contribution < 1.29 is 21.6 Å². The fourth-order valence-corrected chi connectivity index (χ4v) is 3.98. The molecule has 0 atom stereocenters. The molecule has 0 saturated carbocycles. The lowest BCUT2D eigenvalue weighted by molar-refractivity contribution is -0.126. The van der Waals surface area contributed by atoms with Crippen LogP contribution in [0.2, 0.25) is 0 Å². The van der Waals surface area contributed by atoms with E-state index in [0.717, 1.165) is 5.56 Å². The standard InChI is InChI=1S/C14H20F3N3O2S/c15-14(16,17)10-19-12-5-7-20(8-6-12)23(21,22)13-3-1-11(9-18)2-4-13/h1-4,12,19H,5-10,18H2. The Hall–Kier alpha value is -1.16. The van der Waals surface area contributed by atoms with Crippen LogP contribution in [-0.4, -0.2) is 44.6 Å². The minimum atomic E-state index is -4.26. The smallest absolute Gasteiger partial charge is 0.326 e. The normalized spacial score (nSPS) is 18.3. The van der Waals surface area contributed by atoms with E-state index in [-0.39, 0.29) is 24.0 Å². The molecular formula is C14H20F3N3O2S. The van der Waals surface area contributed by atoms with Gasteiger partial charge < -0.3 is 11.1 Å². The molecule has 23 heavy (non-hydrogen) atoms. The molecule has 2 rings (SSSR count). The molecule has 0 radical (unpaired) electrons. The number of hydrogen-bond acceptors (Lipinski definition) is 4. The van der Waals surface area contributed by atoms with Crippen LogP contribution in [0, 0.1) is 0 Å². The van der Waals surface area contributed by atoms with Crippen molar-refractivity contribution >= 4 is 10.0 Å². The summed E-state index contributed by atoms with van der Waals surface area (Å²) < 4.78 is 62.9. The van der Waals surface area contributed by atoms with Crippen LogP contribution >= 0.6 is 0 Å². The van der Waals surface area contributed by atoms with Crippen molar-refractivity contribution in [3.63, 3.8) is 0 Å². The van der Waals surface area contributed by atoms with Crippen LogP contribution in [0.25, 0.3) is 0 Å². The van der Waals surface area contributed by atoms with Crippen molar-refractivity contribution in [1.82, 2.24) is 9.62 Å². The maximum atomic E-state index is 12.5. The number of hydrogen-bond donors (Lipinski definition) is 2. The van der Waals surface area contributed by atoms with Crippen LogP contribution in [0.3, 0.4) is 0 Å². The molecule has 1 aromatic carbocycles. The second kappa shape index (κ2) is 7.16. The number of benzene rings is 1. The highest BCUT2D eigenvalue weighted by Crippen LogP contribution is 2.22. The van der Waals surface area contributed by atoms with Gasteiger partial charge in [-0.25, -0.2) is 8.42 Å². The number of sulfonamides is 1. The molecule has 1 heterocycles. The molecule has 3 N–H and O–H groups in total. The zero-order chi connectivity index (χ0) is 17.1. The zero-order valence-corrected chi connectivity index (χ0v) is 13.3. The topological polar surface area (TPSA) is 75.4 Å². The summed E-state index contributed by atoms with van der Waals surface area (Å²) in [5.74, 6) is 0. The maximum Gasteiger partial charge on any atom is 0.401 e. The molecule has 0 amide bonds. The number of nitrogens with two attached hydrogens (primary N) is 1. The number of piperidine rings is 1. The third-order valence-electron chi connectivity index (χ3n) is 3.84. The van der Waals surface area contributed by atoms with Crippen molar-refractivity contribution in [2.75, 3.05) is 19.6 Å². The largest absolute Gasteiger partial charge is 0.401 e. The van der Waals surface area contributed by atoms with Gasteiger partial charge in [-0.1, -0.05) is 12.1 Å². The average molecular weight is 351 g/mol. The van der Waals surface area contributed by atoms with E-state index >= 15 is 0 Å². The molecule has 0 spiro atoms. The fraction of sp³-hybridized carbons (Fsp3) is 0.571. The summed E-state index contributed by atoms with van der Waals surface area (Å²) in [5.41, 5.74) is 6.31. The molecule has 1 aromatic rings. The summed E-state index contributed by atoms with van der Waals surface area (Å²) in [6.07, 6.45) is -3.54. The van der Waals surface area contributed by atoms with E-state index in [1.807, 2.05) is 0 Å². The first-order valence-electron chi connectivity index (χ1n) is 7.31. The van der Waals surface area contributed by atoms with Crippen LogP contribution in [0.15, 0.2) is 29.2 Å². The first-order valence-corrected chi connectivity index (χ1v) is 8.75. The Labute approximate surface area is 133 Å². The first kappa shape index (κ1) is 18.2. The van der Waals surface area contributed by atoms with Gasteiger partial charge in [0.15, 0.2) is 0 Å². The third kappa shape index (κ3) is 4.90. The predicted molar refractivity (Wildman–Crippen MR) is 80.2 cm³/mol. The molecule has 1 fully saturated rings. The molecule has 130 valence electrons. The van der Waals surface area contributed by atoms with Crippen LogP contribution < -0.4 is 11.1 Å². The van der Waals surface area contributed by atoms with Crippen molar-refractivity contribution in [2.45, 2.75) is 36.5 Å². The van der Waals surface area contributed by atoms with E-state index in [1.54, 1.807) is 12.1 Å². The van der Waals surface area contributed by atoms with E-state index in [2.05, 4.69) is 5.32 Å². The summed E-state index contributed by atoms with van der Waals surface area (Å²) in [6.45, 7) is -0.311. The van der Waals surface area contributed by atoms with Crippen molar-refractivity contribution in [3.05, 3.63) is 29.8 Å². The van der Waals surface area contributed by atoms with Gasteiger partial charge in [0.2, 0.25) is 10.0 Å². The molecule has 1 saturated heterocycles. The minimum Gasteiger partial charge on any atom is -0.326 e. The van der Waals surface area contributed by atoms with Gasteiger partial charge in [-0.3, -0.25) is 0 Å². The van der Waals surface area contributed by atoms with E-state index in [1.165, 1.54) is 16.4 Å². The quantitative estimate of drug-likeness (QED) is 0.842. The number of rotatable bonds is 5. The highest BCUT2D eigenvalue weighted by atomic mass is 32.2. The highest BCUT2D eigenvalue weighted by Gasteiger charge is 2.32. The predicted octanol–water partition coefficient (Wildman–Crippen LogP) is 1.45. The van der Waals surface area contributed by atoms with E-state index in [9.17, 15) is 21.6 Å². The molecule has 9 heteroatoms. The molecule has 0 bridgehead atoms. The Balaban J connectivity index is 1.95. The van der Waals surface area contributed by atoms with Gasteiger partial charge in [-0.2, -0.15) is 17.5 Å². The molecule has 0 aromatic heterocycles. The summed E-state index contributed by atoms with van der Waals surface area (Å²) in [6, 6.07) is 6.01. The Morgan fingerprint density at radius 2 is 1.74 bits per heavy atom. The number of halogens is 3. The van der Waals surface area contributed by atoms with Gasteiger partial charge in [0.05, 0.1) is 11.4 Å². The fourth-order valence-electron chi connectivity index (χ4n) is 2.51. The summed E-state index contributed by atoms with van der Waals surface area (Å²) in [7, 11) is -3.61. The molecule has 0 unspecified atom stereocenters. The molecule has 1 aliphatic heterocycles. The van der Waals surface area contributed by atoms with Gasteiger partial charge in [-0.05, 0) is 30.5 Å². The maximum absolute atomic E-state index is 12.5. The minimum absolute atomic E-state index is 0.177. The number of nitrogens with zero attached hydrogens (tertiary/aromatic N) is 1. The van der Waals surface area contributed by atoms with Crippen LogP contribution in [-0.2, 0) is 16.6 Å². The van der Waals surface area contributed by atoms with Crippen molar-refractivity contribution in [1.29, 1.82) is 0 Å². The lowest BCUT2D eigenvalue weighted by atomic mass is 10.1. The van der Waals surface area contributed by atoms with Crippen LogP contribution in [0.4, 0.5) is 13.2 Å². The molecule has 5 nitrogen and oxygen atoms in total. The molecular weight excluding hydrogens is 331 g/mol. The second-order valence-electron chi connectivity index (χ2n) is 5.52. The van der Waals surface area contributed by atoms with Crippen molar-refractivity contribution in [3.8, 4) is 0 Å². The second-order valence-corrected chi connectivity index (χ2v) is 7.46. The van der Waals surface area contributed by atoms with Gasteiger partial charge in [-0.15, -0.1) is 0 Å². The molecule has 0 aliphatic carbocycles. The first-order chi connectivity index (χ1) is 10.7. The van der Waals surface area contributed by atoms with E-state index in [4.69, 9.17) is 5.73 Å². The van der Waals surface area contributed by atoms with Crippen LogP contribution in [0.5, 0.6) is 0 Å². The lowest BCUT2D eigenvalue weighted by Crippen LogP contribution is -2.46. The average Bonchev–Trinajstić information content (AvgIpc) is 2.53. The van der Waals surface area contributed by atoms with Gasteiger partial charge >= 0.3 is 6.18 Å². The Morgan fingerprint density at radius 1 is 1.17 bits per heavy atom. The Kier molecular flexibility index (Phi) is 5.66. The third-order valence-corrected chi connectivity index (χ3v) is 5.75. The van der Waals surface area contributed by atoms with Crippen LogP contribution in [0.1, 0.15) is 18.4 Å². The highest BCUT2D eigenvalue weighted by molar-refractivity contribution is 7.89. The van der Waals surface area contributed by atoms with Crippen molar-refractivity contribution in [2.24, 2.45) is 5.73 Å². The monoisotopic (exact) mass is 351 g/mol. The zero-order valence-electron chi connectivity index (χ0n) is 12.5. The Bertz CT molecular complexity index is 609. The van der Waals surface area contributed by atoms with E-state index in [0.29, 0.717) is 19.4 Å². The van der Waals surface area contributed by atoms with Gasteiger partial charge in [0.1, 0.15) is 0 Å². The van der Waals surface area contributed by atoms with Gasteiger partial charge in [0.25, 0.3) is 0 Å². The summed E-state index contributed by atoms with van der Waals surface area (Å²) >= 11 is 0. The lowest BCUT2D eigenvalue weighted by Gasteiger charge is -2.32. The number of alkyl halides is 3. The molecule has 1 aliphatic rings. The Morgan fingerprint density at radius 3 is 2.22 bits per heavy atom. The number of nitrogens with one attached hydrogen (secondary N) is 1. The van der Waals surface area contributed by atoms with E-state index < -0.39 is 22.7 Å². The van der Waals surface area contributed by atoms with Gasteiger partial charge in [0, 0.05) is 25.7 Å².